The van der Waals surface area contributed by atoms with Crippen molar-refractivity contribution in [3.05, 3.63) is 54.0 Å². The summed E-state index contributed by atoms with van der Waals surface area (Å²) in [5, 5.41) is 6.03. The van der Waals surface area contributed by atoms with Crippen molar-refractivity contribution in [1.29, 1.82) is 0 Å². The van der Waals surface area contributed by atoms with Gasteiger partial charge in [0.15, 0.2) is 0 Å². The number of nitrogens with one attached hydrogen (secondary N) is 2. The topological polar surface area (TPSA) is 87.1 Å². The number of furan rings is 1. The molecule has 1 aliphatic heterocycles. The van der Waals surface area contributed by atoms with Crippen molar-refractivity contribution in [3.8, 4) is 0 Å². The van der Waals surface area contributed by atoms with Crippen molar-refractivity contribution in [1.82, 2.24) is 15.1 Å². The summed E-state index contributed by atoms with van der Waals surface area (Å²) in [6.07, 6.45) is 3.80. The zero-order valence-corrected chi connectivity index (χ0v) is 17.9. The number of carbonyl (C=O) groups is 2. The van der Waals surface area contributed by atoms with Crippen LogP contribution in [0.5, 0.6) is 0 Å². The molecule has 1 saturated heterocycles. The molecule has 1 aromatic carbocycles. The Labute approximate surface area is 182 Å². The number of rotatable bonds is 8. The van der Waals surface area contributed by atoms with Gasteiger partial charge in [0.05, 0.1) is 18.9 Å². The fourth-order valence-corrected chi connectivity index (χ4v) is 3.63. The number of benzene rings is 1. The van der Waals surface area contributed by atoms with Crippen LogP contribution in [0.4, 0.5) is 10.5 Å². The van der Waals surface area contributed by atoms with E-state index in [1.165, 1.54) is 0 Å². The second-order valence-corrected chi connectivity index (χ2v) is 8.18. The van der Waals surface area contributed by atoms with Gasteiger partial charge in [0, 0.05) is 37.9 Å². The maximum atomic E-state index is 12.7. The molecule has 1 aromatic heterocycles. The lowest BCUT2D eigenvalue weighted by molar-refractivity contribution is -0.126. The highest BCUT2D eigenvalue weighted by atomic mass is 16.5. The molecule has 2 aliphatic rings. The van der Waals surface area contributed by atoms with Crippen LogP contribution in [0.25, 0.3) is 0 Å². The fraction of sp³-hybridized carbons (Fsp3) is 0.478. The number of hydrogen-bond donors (Lipinski definition) is 2. The Kier molecular flexibility index (Phi) is 6.89. The Bertz CT molecular complexity index is 873. The van der Waals surface area contributed by atoms with Crippen LogP contribution in [-0.2, 0) is 22.7 Å². The number of nitrogens with zero attached hydrogens (tertiary/aromatic N) is 2. The minimum absolute atomic E-state index is 0.0893. The van der Waals surface area contributed by atoms with E-state index in [9.17, 15) is 9.59 Å². The third kappa shape index (κ3) is 6.08. The second-order valence-electron chi connectivity index (χ2n) is 8.18. The van der Waals surface area contributed by atoms with Crippen LogP contribution in [0.1, 0.15) is 31.1 Å². The summed E-state index contributed by atoms with van der Waals surface area (Å²) in [4.78, 5) is 28.9. The van der Waals surface area contributed by atoms with E-state index in [0.717, 1.165) is 29.9 Å². The first-order valence-corrected chi connectivity index (χ1v) is 10.9. The van der Waals surface area contributed by atoms with Gasteiger partial charge in [-0.05, 0) is 49.6 Å². The molecule has 0 radical (unpaired) electrons. The Balaban J connectivity index is 1.21. The van der Waals surface area contributed by atoms with Crippen LogP contribution >= 0.6 is 0 Å². The Hall–Kier alpha value is -2.84. The van der Waals surface area contributed by atoms with E-state index in [0.29, 0.717) is 45.4 Å². The maximum absolute atomic E-state index is 12.7. The first kappa shape index (κ1) is 21.4. The Morgan fingerprint density at radius 2 is 1.94 bits per heavy atom. The molecule has 2 aromatic rings. The number of hydrogen-bond acceptors (Lipinski definition) is 5. The largest absolute Gasteiger partial charge is 0.467 e. The summed E-state index contributed by atoms with van der Waals surface area (Å²) in [5.41, 5.74) is 1.72. The fourth-order valence-electron chi connectivity index (χ4n) is 3.63. The number of urea groups is 1. The Morgan fingerprint density at radius 1 is 1.13 bits per heavy atom. The van der Waals surface area contributed by atoms with Gasteiger partial charge in [0.2, 0.25) is 5.91 Å². The SMILES string of the molecule is CC(C(=O)NC1CC1)N1CCN(C(=O)Nc2cccc(COCc3ccco3)c2)CC1. The highest BCUT2D eigenvalue weighted by molar-refractivity contribution is 5.89. The predicted octanol–water partition coefficient (Wildman–Crippen LogP) is 2.81. The molecule has 1 saturated carbocycles. The van der Waals surface area contributed by atoms with Crippen LogP contribution in [0, 0.1) is 0 Å². The van der Waals surface area contributed by atoms with E-state index in [1.54, 1.807) is 11.2 Å². The monoisotopic (exact) mass is 426 g/mol. The molecule has 166 valence electrons. The predicted molar refractivity (Wildman–Crippen MR) is 116 cm³/mol. The number of anilines is 1. The van der Waals surface area contributed by atoms with Crippen molar-refractivity contribution in [2.75, 3.05) is 31.5 Å². The standard InChI is InChI=1S/C23H30N4O4/c1-17(22(28)24-19-7-8-19)26-9-11-27(12-10-26)23(29)25-20-5-2-4-18(14-20)15-30-16-21-6-3-13-31-21/h2-6,13-14,17,19H,7-12,15-16H2,1H3,(H,24,28)(H,25,29). The molecule has 2 heterocycles. The molecular weight excluding hydrogens is 396 g/mol. The van der Waals surface area contributed by atoms with Crippen LogP contribution in [0.3, 0.4) is 0 Å². The smallest absolute Gasteiger partial charge is 0.321 e. The molecule has 3 amide bonds. The van der Waals surface area contributed by atoms with E-state index < -0.39 is 0 Å². The normalized spacial score (nSPS) is 17.9. The van der Waals surface area contributed by atoms with Gasteiger partial charge in [-0.3, -0.25) is 9.69 Å². The minimum atomic E-state index is -0.163. The lowest BCUT2D eigenvalue weighted by atomic mass is 10.2. The van der Waals surface area contributed by atoms with Gasteiger partial charge < -0.3 is 24.7 Å². The lowest BCUT2D eigenvalue weighted by Crippen LogP contribution is -2.55. The summed E-state index contributed by atoms with van der Waals surface area (Å²) in [5.74, 6) is 0.870. The van der Waals surface area contributed by atoms with Crippen molar-refractivity contribution >= 4 is 17.6 Å². The van der Waals surface area contributed by atoms with E-state index in [2.05, 4.69) is 15.5 Å². The first-order chi connectivity index (χ1) is 15.1. The van der Waals surface area contributed by atoms with Crippen molar-refractivity contribution in [3.63, 3.8) is 0 Å². The number of carbonyl (C=O) groups excluding carboxylic acids is 2. The molecule has 1 atom stereocenters. The molecule has 1 aliphatic carbocycles. The van der Waals surface area contributed by atoms with Crippen LogP contribution in [0.2, 0.25) is 0 Å². The van der Waals surface area contributed by atoms with Gasteiger partial charge in [0.25, 0.3) is 0 Å². The summed E-state index contributed by atoms with van der Waals surface area (Å²) >= 11 is 0. The van der Waals surface area contributed by atoms with Crippen molar-refractivity contribution in [2.24, 2.45) is 0 Å². The van der Waals surface area contributed by atoms with Gasteiger partial charge in [-0.15, -0.1) is 0 Å². The minimum Gasteiger partial charge on any atom is -0.467 e. The van der Waals surface area contributed by atoms with Crippen molar-refractivity contribution in [2.45, 2.75) is 45.1 Å². The Morgan fingerprint density at radius 3 is 2.65 bits per heavy atom. The summed E-state index contributed by atoms with van der Waals surface area (Å²) < 4.78 is 10.9. The maximum Gasteiger partial charge on any atom is 0.321 e. The molecule has 4 rings (SSSR count). The number of piperazine rings is 1. The van der Waals surface area contributed by atoms with E-state index in [4.69, 9.17) is 9.15 Å². The molecule has 0 spiro atoms. The molecule has 0 bridgehead atoms. The zero-order chi connectivity index (χ0) is 21.6. The molecule has 8 nitrogen and oxygen atoms in total. The second kappa shape index (κ2) is 9.98. The third-order valence-electron chi connectivity index (χ3n) is 5.72. The van der Waals surface area contributed by atoms with Crippen LogP contribution in [-0.4, -0.2) is 60.0 Å². The lowest BCUT2D eigenvalue weighted by Gasteiger charge is -2.37. The average Bonchev–Trinajstić information content (AvgIpc) is 3.44. The average molecular weight is 427 g/mol. The van der Waals surface area contributed by atoms with Gasteiger partial charge in [0.1, 0.15) is 12.4 Å². The summed E-state index contributed by atoms with van der Waals surface area (Å²) in [6.45, 7) is 5.35. The summed E-state index contributed by atoms with van der Waals surface area (Å²) in [7, 11) is 0. The molecule has 1 unspecified atom stereocenters. The zero-order valence-electron chi connectivity index (χ0n) is 17.9. The van der Waals surface area contributed by atoms with Gasteiger partial charge in [-0.1, -0.05) is 12.1 Å². The molecule has 8 heteroatoms. The molecular formula is C23H30N4O4. The quantitative estimate of drug-likeness (QED) is 0.678. The van der Waals surface area contributed by atoms with E-state index in [-0.39, 0.29) is 18.0 Å². The van der Waals surface area contributed by atoms with Gasteiger partial charge >= 0.3 is 6.03 Å². The van der Waals surface area contributed by atoms with Gasteiger partial charge in [-0.2, -0.15) is 0 Å². The molecule has 2 fully saturated rings. The molecule has 31 heavy (non-hydrogen) atoms. The first-order valence-electron chi connectivity index (χ1n) is 10.9. The highest BCUT2D eigenvalue weighted by Gasteiger charge is 2.30. The van der Waals surface area contributed by atoms with Gasteiger partial charge in [-0.25, -0.2) is 4.79 Å². The van der Waals surface area contributed by atoms with Crippen LogP contribution < -0.4 is 10.6 Å². The molecule has 2 N–H and O–H groups in total. The van der Waals surface area contributed by atoms with E-state index >= 15 is 0 Å². The number of ether oxygens (including phenoxy) is 1. The summed E-state index contributed by atoms with van der Waals surface area (Å²) in [6, 6.07) is 11.4. The van der Waals surface area contributed by atoms with E-state index in [1.807, 2.05) is 43.3 Å². The number of amides is 3. The third-order valence-corrected chi connectivity index (χ3v) is 5.72. The van der Waals surface area contributed by atoms with Crippen molar-refractivity contribution < 1.29 is 18.7 Å². The van der Waals surface area contributed by atoms with Crippen LogP contribution in [0.15, 0.2) is 47.1 Å². The highest BCUT2D eigenvalue weighted by Crippen LogP contribution is 2.19.